The monoisotopic (exact) mass is 212 g/mol. The molecule has 1 saturated heterocycles. The molecule has 15 heavy (non-hydrogen) atoms. The normalized spacial score (nSPS) is 36.2. The van der Waals surface area contributed by atoms with Gasteiger partial charge in [-0.3, -0.25) is 0 Å². The van der Waals surface area contributed by atoms with Gasteiger partial charge < -0.3 is 11.1 Å². The van der Waals surface area contributed by atoms with Crippen molar-refractivity contribution in [2.24, 2.45) is 23.5 Å². The molecule has 0 bridgehead atoms. The van der Waals surface area contributed by atoms with E-state index in [4.69, 9.17) is 5.73 Å². The van der Waals surface area contributed by atoms with Gasteiger partial charge in [0.1, 0.15) is 0 Å². The van der Waals surface area contributed by atoms with Gasteiger partial charge >= 0.3 is 0 Å². The molecule has 2 nitrogen and oxygen atoms in total. The summed E-state index contributed by atoms with van der Waals surface area (Å²) in [5.74, 6) is 2.00. The zero-order chi connectivity index (χ0) is 11.8. The van der Waals surface area contributed by atoms with Gasteiger partial charge in [0.25, 0.3) is 0 Å². The molecule has 3 N–H and O–H groups in total. The molecule has 0 amide bonds. The number of hydrogen-bond acceptors (Lipinski definition) is 2. The summed E-state index contributed by atoms with van der Waals surface area (Å²) in [5.41, 5.74) is 6.29. The van der Waals surface area contributed by atoms with Crippen molar-refractivity contribution in [2.45, 2.75) is 65.6 Å². The molecule has 1 aliphatic rings. The molecule has 0 aliphatic carbocycles. The van der Waals surface area contributed by atoms with Crippen molar-refractivity contribution < 1.29 is 0 Å². The van der Waals surface area contributed by atoms with Crippen LogP contribution in [0.1, 0.15) is 48.0 Å². The Balaban J connectivity index is 2.65. The predicted octanol–water partition coefficient (Wildman–Crippen LogP) is 2.38. The Hall–Kier alpha value is -0.0800. The van der Waals surface area contributed by atoms with E-state index >= 15 is 0 Å². The Bertz CT molecular complexity index is 211. The van der Waals surface area contributed by atoms with E-state index in [1.165, 1.54) is 6.42 Å². The lowest BCUT2D eigenvalue weighted by Crippen LogP contribution is -2.45. The summed E-state index contributed by atoms with van der Waals surface area (Å²) >= 11 is 0. The van der Waals surface area contributed by atoms with Gasteiger partial charge in [-0.2, -0.15) is 0 Å². The molecule has 0 aromatic heterocycles. The van der Waals surface area contributed by atoms with E-state index in [1.807, 2.05) is 0 Å². The van der Waals surface area contributed by atoms with Crippen LogP contribution in [0.25, 0.3) is 0 Å². The summed E-state index contributed by atoms with van der Waals surface area (Å²) in [4.78, 5) is 0. The van der Waals surface area contributed by atoms with Gasteiger partial charge in [0.15, 0.2) is 0 Å². The smallest absolute Gasteiger partial charge is 0.0131 e. The first-order chi connectivity index (χ1) is 6.74. The fourth-order valence-corrected chi connectivity index (χ4v) is 3.04. The first-order valence-corrected chi connectivity index (χ1v) is 6.28. The molecule has 5 atom stereocenters. The van der Waals surface area contributed by atoms with Gasteiger partial charge in [0.2, 0.25) is 0 Å². The summed E-state index contributed by atoms with van der Waals surface area (Å²) in [7, 11) is 0. The zero-order valence-corrected chi connectivity index (χ0v) is 11.2. The van der Waals surface area contributed by atoms with Crippen molar-refractivity contribution in [3.63, 3.8) is 0 Å². The molecule has 2 heteroatoms. The summed E-state index contributed by atoms with van der Waals surface area (Å²) in [6, 6.07) is 0.915. The van der Waals surface area contributed by atoms with Gasteiger partial charge in [-0.1, -0.05) is 20.8 Å². The second-order valence-corrected chi connectivity index (χ2v) is 6.31. The van der Waals surface area contributed by atoms with Crippen molar-refractivity contribution >= 4 is 0 Å². The second kappa shape index (κ2) is 4.42. The Morgan fingerprint density at radius 3 is 2.13 bits per heavy atom. The minimum absolute atomic E-state index is 0.290. The highest BCUT2D eigenvalue weighted by Crippen LogP contribution is 2.34. The Morgan fingerprint density at radius 2 is 1.80 bits per heavy atom. The van der Waals surface area contributed by atoms with Gasteiger partial charge in [0, 0.05) is 17.6 Å². The summed E-state index contributed by atoms with van der Waals surface area (Å²) in [5, 5.41) is 3.76. The topological polar surface area (TPSA) is 38.0 Å². The standard InChI is InChI=1S/C13H28N2/c1-8-7-13(5,6)15-12(8)10(3)9(2)11(4)14/h8-12,15H,7,14H2,1-6H3. The van der Waals surface area contributed by atoms with Crippen LogP contribution in [0, 0.1) is 17.8 Å². The van der Waals surface area contributed by atoms with Crippen LogP contribution < -0.4 is 11.1 Å². The third-order valence-electron chi connectivity index (χ3n) is 4.23. The molecular weight excluding hydrogens is 184 g/mol. The van der Waals surface area contributed by atoms with Crippen LogP contribution in [-0.4, -0.2) is 17.6 Å². The first kappa shape index (κ1) is 13.0. The molecule has 5 unspecified atom stereocenters. The highest BCUT2D eigenvalue weighted by Gasteiger charge is 2.40. The average Bonchev–Trinajstić information content (AvgIpc) is 2.37. The molecule has 90 valence electrons. The van der Waals surface area contributed by atoms with Crippen molar-refractivity contribution in [3.05, 3.63) is 0 Å². The predicted molar refractivity (Wildman–Crippen MR) is 66.8 cm³/mol. The maximum Gasteiger partial charge on any atom is 0.0131 e. The quantitative estimate of drug-likeness (QED) is 0.754. The van der Waals surface area contributed by atoms with E-state index in [-0.39, 0.29) is 6.04 Å². The Kier molecular flexibility index (Phi) is 3.83. The second-order valence-electron chi connectivity index (χ2n) is 6.31. The van der Waals surface area contributed by atoms with Crippen LogP contribution in [0.5, 0.6) is 0 Å². The van der Waals surface area contributed by atoms with E-state index in [9.17, 15) is 0 Å². The molecule has 1 fully saturated rings. The number of nitrogens with one attached hydrogen (secondary N) is 1. The van der Waals surface area contributed by atoms with E-state index in [2.05, 4.69) is 46.9 Å². The molecular formula is C13H28N2. The van der Waals surface area contributed by atoms with Crippen LogP contribution in [0.2, 0.25) is 0 Å². The highest BCUT2D eigenvalue weighted by atomic mass is 15.0. The molecule has 1 heterocycles. The Labute approximate surface area is 95.0 Å². The zero-order valence-electron chi connectivity index (χ0n) is 11.2. The largest absolute Gasteiger partial charge is 0.328 e. The minimum Gasteiger partial charge on any atom is -0.328 e. The lowest BCUT2D eigenvalue weighted by molar-refractivity contribution is 0.235. The van der Waals surface area contributed by atoms with E-state index in [1.54, 1.807) is 0 Å². The number of rotatable bonds is 3. The van der Waals surface area contributed by atoms with Crippen LogP contribution in [0.15, 0.2) is 0 Å². The fraction of sp³-hybridized carbons (Fsp3) is 1.00. The fourth-order valence-electron chi connectivity index (χ4n) is 3.04. The number of nitrogens with two attached hydrogens (primary N) is 1. The van der Waals surface area contributed by atoms with Crippen LogP contribution in [-0.2, 0) is 0 Å². The summed E-state index contributed by atoms with van der Waals surface area (Å²) in [6.07, 6.45) is 1.27. The van der Waals surface area contributed by atoms with Crippen molar-refractivity contribution in [3.8, 4) is 0 Å². The molecule has 0 radical (unpaired) electrons. The van der Waals surface area contributed by atoms with Crippen LogP contribution in [0.4, 0.5) is 0 Å². The molecule has 0 aromatic carbocycles. The van der Waals surface area contributed by atoms with Crippen LogP contribution >= 0.6 is 0 Å². The summed E-state index contributed by atoms with van der Waals surface area (Å²) in [6.45, 7) is 13.7. The van der Waals surface area contributed by atoms with Gasteiger partial charge in [-0.15, -0.1) is 0 Å². The lowest BCUT2D eigenvalue weighted by Gasteiger charge is -2.32. The van der Waals surface area contributed by atoms with E-state index in [0.717, 1.165) is 5.92 Å². The maximum absolute atomic E-state index is 5.99. The first-order valence-electron chi connectivity index (χ1n) is 6.28. The maximum atomic E-state index is 5.99. The third kappa shape index (κ3) is 2.94. The third-order valence-corrected chi connectivity index (χ3v) is 4.23. The average molecular weight is 212 g/mol. The van der Waals surface area contributed by atoms with E-state index in [0.29, 0.717) is 23.4 Å². The molecule has 0 spiro atoms. The lowest BCUT2D eigenvalue weighted by atomic mass is 9.80. The molecule has 1 rings (SSSR count). The molecule has 1 aliphatic heterocycles. The minimum atomic E-state index is 0.290. The van der Waals surface area contributed by atoms with E-state index < -0.39 is 0 Å². The molecule has 0 saturated carbocycles. The number of hydrogen-bond donors (Lipinski definition) is 2. The Morgan fingerprint density at radius 1 is 1.27 bits per heavy atom. The molecule has 0 aromatic rings. The van der Waals surface area contributed by atoms with Crippen molar-refractivity contribution in [1.82, 2.24) is 5.32 Å². The van der Waals surface area contributed by atoms with Crippen LogP contribution in [0.3, 0.4) is 0 Å². The van der Waals surface area contributed by atoms with Crippen molar-refractivity contribution in [1.29, 1.82) is 0 Å². The summed E-state index contributed by atoms with van der Waals surface area (Å²) < 4.78 is 0. The van der Waals surface area contributed by atoms with Gasteiger partial charge in [-0.25, -0.2) is 0 Å². The highest BCUT2D eigenvalue weighted by molar-refractivity contribution is 4.98. The van der Waals surface area contributed by atoms with Gasteiger partial charge in [0.05, 0.1) is 0 Å². The van der Waals surface area contributed by atoms with Gasteiger partial charge in [-0.05, 0) is 44.9 Å². The van der Waals surface area contributed by atoms with Crippen molar-refractivity contribution in [2.75, 3.05) is 0 Å². The SMILES string of the molecule is CC(N)C(C)C(C)C1NC(C)(C)CC1C.